The minimum atomic E-state index is 0.306. The molecule has 6 nitrogen and oxygen atoms in total. The molecule has 0 saturated carbocycles. The van der Waals surface area contributed by atoms with Crippen molar-refractivity contribution in [3.05, 3.63) is 12.3 Å². The third-order valence-corrected chi connectivity index (χ3v) is 3.79. The quantitative estimate of drug-likeness (QED) is 0.868. The van der Waals surface area contributed by atoms with E-state index < -0.39 is 0 Å². The fraction of sp³-hybridized carbons (Fsp3) is 0.615. The Morgan fingerprint density at radius 2 is 2.37 bits per heavy atom. The Kier molecular flexibility index (Phi) is 3.23. The second-order valence-electron chi connectivity index (χ2n) is 4.99. The second kappa shape index (κ2) is 5.03. The Hall–Kier alpha value is -1.85. The number of rotatable bonds is 3. The number of aromatic nitrogens is 2. The largest absolute Gasteiger partial charge is 0.354 e. The average molecular weight is 261 g/mol. The standard InChI is InChI=1S/C13H19N5O/c1-2-14-13-15-6-5-11(16-13)17-7-8-18-10(9-17)3-4-12(18)19/h5-6,10H,2-4,7-9H2,1H3,(H,14,15,16). The van der Waals surface area contributed by atoms with Crippen LogP contribution in [0.2, 0.25) is 0 Å². The highest BCUT2D eigenvalue weighted by atomic mass is 16.2. The molecule has 0 aliphatic carbocycles. The third-order valence-electron chi connectivity index (χ3n) is 3.79. The van der Waals surface area contributed by atoms with Gasteiger partial charge in [-0.05, 0) is 19.4 Å². The zero-order valence-electron chi connectivity index (χ0n) is 11.2. The maximum atomic E-state index is 11.7. The Balaban J connectivity index is 1.73. The van der Waals surface area contributed by atoms with Crippen molar-refractivity contribution in [3.63, 3.8) is 0 Å². The highest BCUT2D eigenvalue weighted by Crippen LogP contribution is 2.25. The number of nitrogens with zero attached hydrogens (tertiary/aromatic N) is 4. The van der Waals surface area contributed by atoms with Gasteiger partial charge in [-0.1, -0.05) is 0 Å². The van der Waals surface area contributed by atoms with Crippen LogP contribution in [0.25, 0.3) is 0 Å². The molecule has 0 spiro atoms. The smallest absolute Gasteiger partial charge is 0.224 e. The molecule has 0 bridgehead atoms. The van der Waals surface area contributed by atoms with Crippen molar-refractivity contribution >= 4 is 17.7 Å². The van der Waals surface area contributed by atoms with Gasteiger partial charge in [0.25, 0.3) is 0 Å². The van der Waals surface area contributed by atoms with Crippen molar-refractivity contribution in [2.45, 2.75) is 25.8 Å². The van der Waals surface area contributed by atoms with Gasteiger partial charge in [-0.3, -0.25) is 4.79 Å². The molecular formula is C13H19N5O. The van der Waals surface area contributed by atoms with E-state index in [0.29, 0.717) is 24.3 Å². The maximum absolute atomic E-state index is 11.7. The van der Waals surface area contributed by atoms with E-state index in [-0.39, 0.29) is 0 Å². The lowest BCUT2D eigenvalue weighted by Crippen LogP contribution is -2.51. The van der Waals surface area contributed by atoms with Gasteiger partial charge in [-0.15, -0.1) is 0 Å². The average Bonchev–Trinajstić information content (AvgIpc) is 2.81. The fourth-order valence-corrected chi connectivity index (χ4v) is 2.84. The molecule has 2 fully saturated rings. The van der Waals surface area contributed by atoms with E-state index in [0.717, 1.165) is 38.4 Å². The van der Waals surface area contributed by atoms with Gasteiger partial charge in [0.1, 0.15) is 5.82 Å². The molecule has 3 heterocycles. The van der Waals surface area contributed by atoms with Gasteiger partial charge in [-0.2, -0.15) is 4.98 Å². The molecule has 1 aromatic rings. The van der Waals surface area contributed by atoms with Crippen LogP contribution in [0.15, 0.2) is 12.3 Å². The van der Waals surface area contributed by atoms with Gasteiger partial charge < -0.3 is 15.1 Å². The molecule has 1 atom stereocenters. The molecule has 1 unspecified atom stereocenters. The number of piperazine rings is 1. The number of hydrogen-bond acceptors (Lipinski definition) is 5. The Labute approximate surface area is 112 Å². The first-order valence-corrected chi connectivity index (χ1v) is 6.89. The predicted molar refractivity (Wildman–Crippen MR) is 73.1 cm³/mol. The van der Waals surface area contributed by atoms with E-state index in [2.05, 4.69) is 20.2 Å². The zero-order valence-corrected chi connectivity index (χ0v) is 11.2. The van der Waals surface area contributed by atoms with Gasteiger partial charge in [0.15, 0.2) is 0 Å². The molecule has 1 N–H and O–H groups in total. The molecule has 0 radical (unpaired) electrons. The number of carbonyl (C=O) groups is 1. The van der Waals surface area contributed by atoms with Gasteiger partial charge in [0.2, 0.25) is 11.9 Å². The molecule has 19 heavy (non-hydrogen) atoms. The summed E-state index contributed by atoms with van der Waals surface area (Å²) in [6.07, 6.45) is 3.46. The van der Waals surface area contributed by atoms with Crippen LogP contribution in [0, 0.1) is 0 Å². The number of fused-ring (bicyclic) bond motifs is 1. The first-order valence-electron chi connectivity index (χ1n) is 6.89. The highest BCUT2D eigenvalue weighted by molar-refractivity contribution is 5.79. The maximum Gasteiger partial charge on any atom is 0.224 e. The van der Waals surface area contributed by atoms with Gasteiger partial charge in [-0.25, -0.2) is 4.98 Å². The van der Waals surface area contributed by atoms with Crippen molar-refractivity contribution in [3.8, 4) is 0 Å². The summed E-state index contributed by atoms with van der Waals surface area (Å²) in [6, 6.07) is 2.30. The summed E-state index contributed by atoms with van der Waals surface area (Å²) in [7, 11) is 0. The SMILES string of the molecule is CCNc1nccc(N2CCN3C(=O)CCC3C2)n1. The molecule has 6 heteroatoms. The van der Waals surface area contributed by atoms with Gasteiger partial charge in [0, 0.05) is 44.8 Å². The summed E-state index contributed by atoms with van der Waals surface area (Å²) in [4.78, 5) is 24.6. The van der Waals surface area contributed by atoms with Crippen molar-refractivity contribution in [2.75, 3.05) is 36.4 Å². The van der Waals surface area contributed by atoms with E-state index in [1.54, 1.807) is 6.20 Å². The molecule has 1 amide bonds. The van der Waals surface area contributed by atoms with Crippen LogP contribution in [0.1, 0.15) is 19.8 Å². The third kappa shape index (κ3) is 2.34. The summed E-state index contributed by atoms with van der Waals surface area (Å²) in [5.74, 6) is 1.93. The Morgan fingerprint density at radius 3 is 3.21 bits per heavy atom. The van der Waals surface area contributed by atoms with Crippen molar-refractivity contribution < 1.29 is 4.79 Å². The Morgan fingerprint density at radius 1 is 1.47 bits per heavy atom. The van der Waals surface area contributed by atoms with Crippen molar-refractivity contribution in [1.29, 1.82) is 0 Å². The number of anilines is 2. The Bertz CT molecular complexity index is 478. The first-order chi connectivity index (χ1) is 9.28. The van der Waals surface area contributed by atoms with Crippen LogP contribution in [0.3, 0.4) is 0 Å². The van der Waals surface area contributed by atoms with Crippen LogP contribution in [-0.4, -0.2) is 53.0 Å². The van der Waals surface area contributed by atoms with E-state index >= 15 is 0 Å². The first kappa shape index (κ1) is 12.2. The van der Waals surface area contributed by atoms with E-state index in [1.165, 1.54) is 0 Å². The van der Waals surface area contributed by atoms with E-state index in [4.69, 9.17) is 0 Å². The molecule has 3 rings (SSSR count). The van der Waals surface area contributed by atoms with Crippen LogP contribution in [0.4, 0.5) is 11.8 Å². The number of amides is 1. The monoisotopic (exact) mass is 261 g/mol. The summed E-state index contributed by atoms with van der Waals surface area (Å²) >= 11 is 0. The molecule has 0 aromatic carbocycles. The minimum absolute atomic E-state index is 0.306. The summed E-state index contributed by atoms with van der Waals surface area (Å²) in [6.45, 7) is 5.39. The topological polar surface area (TPSA) is 61.4 Å². The van der Waals surface area contributed by atoms with Crippen molar-refractivity contribution in [2.24, 2.45) is 0 Å². The van der Waals surface area contributed by atoms with Crippen molar-refractivity contribution in [1.82, 2.24) is 14.9 Å². The molecule has 1 aromatic heterocycles. The molecule has 2 aliphatic heterocycles. The second-order valence-corrected chi connectivity index (χ2v) is 4.99. The normalized spacial score (nSPS) is 22.6. The molecular weight excluding hydrogens is 242 g/mol. The molecule has 2 saturated heterocycles. The molecule has 102 valence electrons. The zero-order chi connectivity index (χ0) is 13.2. The van der Waals surface area contributed by atoms with Gasteiger partial charge in [0.05, 0.1) is 0 Å². The summed E-state index contributed by atoms with van der Waals surface area (Å²) in [5.41, 5.74) is 0. The lowest BCUT2D eigenvalue weighted by Gasteiger charge is -2.38. The van der Waals surface area contributed by atoms with E-state index in [1.807, 2.05) is 17.9 Å². The van der Waals surface area contributed by atoms with Crippen LogP contribution < -0.4 is 10.2 Å². The summed E-state index contributed by atoms with van der Waals surface area (Å²) in [5, 5.41) is 3.13. The minimum Gasteiger partial charge on any atom is -0.354 e. The van der Waals surface area contributed by atoms with Crippen LogP contribution in [-0.2, 0) is 4.79 Å². The number of hydrogen-bond donors (Lipinski definition) is 1. The lowest BCUT2D eigenvalue weighted by molar-refractivity contribution is -0.129. The van der Waals surface area contributed by atoms with Gasteiger partial charge >= 0.3 is 0 Å². The lowest BCUT2D eigenvalue weighted by atomic mass is 10.1. The van der Waals surface area contributed by atoms with Crippen LogP contribution >= 0.6 is 0 Å². The fourth-order valence-electron chi connectivity index (χ4n) is 2.84. The summed E-state index contributed by atoms with van der Waals surface area (Å²) < 4.78 is 0. The number of nitrogens with one attached hydrogen (secondary N) is 1. The predicted octanol–water partition coefficient (Wildman–Crippen LogP) is 0.719. The van der Waals surface area contributed by atoms with E-state index in [9.17, 15) is 4.79 Å². The highest BCUT2D eigenvalue weighted by Gasteiger charge is 2.35. The molecule has 2 aliphatic rings. The number of carbonyl (C=O) groups excluding carboxylic acids is 1. The van der Waals surface area contributed by atoms with Crippen LogP contribution in [0.5, 0.6) is 0 Å².